The SMILES string of the molecule is Cc1oc2cc(Br)c(OC(=O)c3ccccc3)cc2c1C(=O)OC(C)C. The summed E-state index contributed by atoms with van der Waals surface area (Å²) in [6, 6.07) is 11.9. The number of rotatable bonds is 4. The molecule has 0 amide bonds. The first-order chi connectivity index (χ1) is 12.4. The van der Waals surface area contributed by atoms with E-state index in [1.807, 2.05) is 6.07 Å². The molecule has 0 atom stereocenters. The monoisotopic (exact) mass is 416 g/mol. The topological polar surface area (TPSA) is 65.7 Å². The standard InChI is InChI=1S/C20H17BrO5/c1-11(2)24-20(23)18-12(3)25-16-10-15(21)17(9-14(16)18)26-19(22)13-7-5-4-6-8-13/h4-11H,1-3H3. The van der Waals surface area contributed by atoms with Crippen LogP contribution in [0.4, 0.5) is 0 Å². The molecule has 0 unspecified atom stereocenters. The highest BCUT2D eigenvalue weighted by Gasteiger charge is 2.23. The molecule has 0 saturated heterocycles. The Morgan fingerprint density at radius 1 is 1.08 bits per heavy atom. The third kappa shape index (κ3) is 3.65. The molecule has 0 aliphatic rings. The molecule has 0 N–H and O–H groups in total. The van der Waals surface area contributed by atoms with Crippen molar-refractivity contribution >= 4 is 38.8 Å². The molecule has 5 nitrogen and oxygen atoms in total. The summed E-state index contributed by atoms with van der Waals surface area (Å²) >= 11 is 3.38. The molecule has 2 aromatic carbocycles. The van der Waals surface area contributed by atoms with E-state index in [0.29, 0.717) is 38.1 Å². The quantitative estimate of drug-likeness (QED) is 0.427. The molecule has 0 aliphatic heterocycles. The van der Waals surface area contributed by atoms with Crippen LogP contribution in [0.15, 0.2) is 51.4 Å². The van der Waals surface area contributed by atoms with Gasteiger partial charge in [0.1, 0.15) is 22.7 Å². The van der Waals surface area contributed by atoms with E-state index in [4.69, 9.17) is 13.9 Å². The van der Waals surface area contributed by atoms with E-state index in [-0.39, 0.29) is 6.10 Å². The largest absolute Gasteiger partial charge is 0.460 e. The van der Waals surface area contributed by atoms with Gasteiger partial charge >= 0.3 is 11.9 Å². The summed E-state index contributed by atoms with van der Waals surface area (Å²) in [5.74, 6) is -0.217. The van der Waals surface area contributed by atoms with Crippen molar-refractivity contribution in [2.75, 3.05) is 0 Å². The molecule has 0 fully saturated rings. The van der Waals surface area contributed by atoms with Gasteiger partial charge in [0.2, 0.25) is 0 Å². The van der Waals surface area contributed by atoms with Crippen LogP contribution in [-0.2, 0) is 4.74 Å². The van der Waals surface area contributed by atoms with Gasteiger partial charge < -0.3 is 13.9 Å². The fourth-order valence-electron chi connectivity index (χ4n) is 2.56. The highest BCUT2D eigenvalue weighted by molar-refractivity contribution is 9.10. The van der Waals surface area contributed by atoms with Gasteiger partial charge in [0.15, 0.2) is 0 Å². The van der Waals surface area contributed by atoms with E-state index < -0.39 is 11.9 Å². The van der Waals surface area contributed by atoms with Crippen LogP contribution in [0.5, 0.6) is 5.75 Å². The lowest BCUT2D eigenvalue weighted by Crippen LogP contribution is -2.12. The van der Waals surface area contributed by atoms with Gasteiger partial charge in [-0.1, -0.05) is 18.2 Å². The smallest absolute Gasteiger partial charge is 0.343 e. The Labute approximate surface area is 159 Å². The average Bonchev–Trinajstić information content (AvgIpc) is 2.90. The number of esters is 2. The molecule has 0 aliphatic carbocycles. The van der Waals surface area contributed by atoms with Crippen LogP contribution >= 0.6 is 15.9 Å². The molecule has 6 heteroatoms. The number of fused-ring (bicyclic) bond motifs is 1. The zero-order chi connectivity index (χ0) is 18.8. The third-order valence-electron chi connectivity index (χ3n) is 3.68. The van der Waals surface area contributed by atoms with Crippen molar-refractivity contribution in [1.29, 1.82) is 0 Å². The van der Waals surface area contributed by atoms with E-state index in [1.54, 1.807) is 57.2 Å². The minimum atomic E-state index is -0.489. The van der Waals surface area contributed by atoms with Crippen molar-refractivity contribution in [3.63, 3.8) is 0 Å². The molecule has 26 heavy (non-hydrogen) atoms. The average molecular weight is 417 g/mol. The second-order valence-electron chi connectivity index (χ2n) is 6.02. The lowest BCUT2D eigenvalue weighted by molar-refractivity contribution is 0.0378. The number of halogens is 1. The Morgan fingerprint density at radius 2 is 1.77 bits per heavy atom. The van der Waals surface area contributed by atoms with Crippen LogP contribution in [0.25, 0.3) is 11.0 Å². The van der Waals surface area contributed by atoms with E-state index in [9.17, 15) is 9.59 Å². The molecule has 0 saturated carbocycles. The van der Waals surface area contributed by atoms with Crippen molar-refractivity contribution < 1.29 is 23.5 Å². The van der Waals surface area contributed by atoms with E-state index in [0.717, 1.165) is 0 Å². The number of benzene rings is 2. The minimum Gasteiger partial charge on any atom is -0.460 e. The highest BCUT2D eigenvalue weighted by atomic mass is 79.9. The highest BCUT2D eigenvalue weighted by Crippen LogP contribution is 2.35. The number of furan rings is 1. The molecular formula is C20H17BrO5. The first kappa shape index (κ1) is 18.2. The van der Waals surface area contributed by atoms with E-state index >= 15 is 0 Å². The predicted molar refractivity (Wildman–Crippen MR) is 101 cm³/mol. The zero-order valence-electron chi connectivity index (χ0n) is 14.5. The number of aryl methyl sites for hydroxylation is 1. The Balaban J connectivity index is 2.00. The molecular weight excluding hydrogens is 400 g/mol. The zero-order valence-corrected chi connectivity index (χ0v) is 16.1. The Kier molecular flexibility index (Phi) is 5.13. The van der Waals surface area contributed by atoms with Gasteiger partial charge in [0, 0.05) is 5.39 Å². The fraction of sp³-hybridized carbons (Fsp3) is 0.200. The van der Waals surface area contributed by atoms with Crippen LogP contribution < -0.4 is 4.74 Å². The van der Waals surface area contributed by atoms with Crippen LogP contribution in [0.2, 0.25) is 0 Å². The molecule has 0 radical (unpaired) electrons. The Bertz CT molecular complexity index is 973. The van der Waals surface area contributed by atoms with Gasteiger partial charge in [-0.3, -0.25) is 0 Å². The van der Waals surface area contributed by atoms with Crippen LogP contribution in [0.3, 0.4) is 0 Å². The molecule has 3 rings (SSSR count). The van der Waals surface area contributed by atoms with Crippen molar-refractivity contribution in [2.24, 2.45) is 0 Å². The van der Waals surface area contributed by atoms with Gasteiger partial charge in [0.05, 0.1) is 16.1 Å². The van der Waals surface area contributed by atoms with Crippen LogP contribution in [0, 0.1) is 6.92 Å². The minimum absolute atomic E-state index is 0.252. The lowest BCUT2D eigenvalue weighted by Gasteiger charge is -2.09. The molecule has 1 heterocycles. The first-order valence-electron chi connectivity index (χ1n) is 8.07. The fourth-order valence-corrected chi connectivity index (χ4v) is 2.96. The van der Waals surface area contributed by atoms with Crippen molar-refractivity contribution in [1.82, 2.24) is 0 Å². The summed E-state index contributed by atoms with van der Waals surface area (Å²) < 4.78 is 17.0. The summed E-state index contributed by atoms with van der Waals surface area (Å²) in [7, 11) is 0. The molecule has 3 aromatic rings. The van der Waals surface area contributed by atoms with Gasteiger partial charge in [-0.25, -0.2) is 9.59 Å². The maximum Gasteiger partial charge on any atom is 0.343 e. The Morgan fingerprint density at radius 3 is 2.42 bits per heavy atom. The lowest BCUT2D eigenvalue weighted by atomic mass is 10.1. The van der Waals surface area contributed by atoms with Crippen molar-refractivity contribution in [2.45, 2.75) is 26.9 Å². The second-order valence-corrected chi connectivity index (χ2v) is 6.88. The second kappa shape index (κ2) is 7.33. The third-order valence-corrected chi connectivity index (χ3v) is 4.30. The number of hydrogen-bond acceptors (Lipinski definition) is 5. The number of ether oxygens (including phenoxy) is 2. The summed E-state index contributed by atoms with van der Waals surface area (Å²) in [4.78, 5) is 24.7. The maximum atomic E-state index is 12.4. The van der Waals surface area contributed by atoms with Crippen LogP contribution in [-0.4, -0.2) is 18.0 Å². The molecule has 1 aromatic heterocycles. The van der Waals surface area contributed by atoms with Gasteiger partial charge in [-0.05, 0) is 61.0 Å². The number of carbonyl (C=O) groups is 2. The van der Waals surface area contributed by atoms with E-state index in [1.165, 1.54) is 0 Å². The summed E-state index contributed by atoms with van der Waals surface area (Å²) in [6.07, 6.45) is -0.252. The van der Waals surface area contributed by atoms with Crippen molar-refractivity contribution in [3.8, 4) is 5.75 Å². The van der Waals surface area contributed by atoms with Gasteiger partial charge in [-0.2, -0.15) is 0 Å². The van der Waals surface area contributed by atoms with Crippen LogP contribution in [0.1, 0.15) is 40.3 Å². The first-order valence-corrected chi connectivity index (χ1v) is 8.87. The summed E-state index contributed by atoms with van der Waals surface area (Å²) in [5, 5.41) is 0.534. The summed E-state index contributed by atoms with van der Waals surface area (Å²) in [5.41, 5.74) is 1.27. The van der Waals surface area contributed by atoms with Gasteiger partial charge in [-0.15, -0.1) is 0 Å². The normalized spacial score (nSPS) is 11.0. The van der Waals surface area contributed by atoms with E-state index in [2.05, 4.69) is 15.9 Å². The molecule has 0 bridgehead atoms. The molecule has 134 valence electrons. The maximum absolute atomic E-state index is 12.4. The number of carbonyl (C=O) groups excluding carboxylic acids is 2. The van der Waals surface area contributed by atoms with Crippen molar-refractivity contribution in [3.05, 3.63) is 63.8 Å². The number of hydrogen-bond donors (Lipinski definition) is 0. The summed E-state index contributed by atoms with van der Waals surface area (Å²) in [6.45, 7) is 5.25. The molecule has 0 spiro atoms. The Hall–Kier alpha value is -2.60. The van der Waals surface area contributed by atoms with Gasteiger partial charge in [0.25, 0.3) is 0 Å². The predicted octanol–water partition coefficient (Wildman–Crippen LogP) is 5.29.